The number of hydrogen-bond donors (Lipinski definition) is 0. The summed E-state index contributed by atoms with van der Waals surface area (Å²) in [6.07, 6.45) is 0.174. The summed E-state index contributed by atoms with van der Waals surface area (Å²) in [5.41, 5.74) is 0. The Bertz CT molecular complexity index is 280. The van der Waals surface area contributed by atoms with Crippen molar-refractivity contribution >= 4 is 5.91 Å². The van der Waals surface area contributed by atoms with Crippen LogP contribution >= 0.6 is 0 Å². The minimum atomic E-state index is -0.0429. The van der Waals surface area contributed by atoms with Crippen LogP contribution in [-0.4, -0.2) is 35.0 Å². The highest BCUT2D eigenvalue weighted by Gasteiger charge is 2.10. The van der Waals surface area contributed by atoms with Crippen LogP contribution in [0.25, 0.3) is 0 Å². The van der Waals surface area contributed by atoms with Crippen molar-refractivity contribution in [3.05, 3.63) is 11.7 Å². The smallest absolute Gasteiger partial charge is 0.236 e. The summed E-state index contributed by atoms with van der Waals surface area (Å²) in [6, 6.07) is 0. The van der Waals surface area contributed by atoms with Crippen molar-refractivity contribution in [2.45, 2.75) is 13.3 Å². The molecule has 5 heteroatoms. The summed E-state index contributed by atoms with van der Waals surface area (Å²) in [6.45, 7) is 1.72. The number of nitrogens with zero attached hydrogens (tertiary/aromatic N) is 3. The Labute approximate surface area is 70.4 Å². The molecule has 1 aromatic rings. The van der Waals surface area contributed by atoms with Gasteiger partial charge in [-0.15, -0.1) is 0 Å². The molecule has 12 heavy (non-hydrogen) atoms. The fourth-order valence-corrected chi connectivity index (χ4v) is 0.699. The van der Waals surface area contributed by atoms with Crippen LogP contribution < -0.4 is 0 Å². The number of aryl methyl sites for hydroxylation is 1. The predicted molar refractivity (Wildman–Crippen MR) is 41.4 cm³/mol. The van der Waals surface area contributed by atoms with E-state index in [2.05, 4.69) is 10.1 Å². The van der Waals surface area contributed by atoms with Gasteiger partial charge in [-0.1, -0.05) is 5.16 Å². The number of aromatic nitrogens is 2. The fraction of sp³-hybridized carbons (Fsp3) is 0.571. The summed E-state index contributed by atoms with van der Waals surface area (Å²) in [5.74, 6) is 0.876. The molecule has 0 bridgehead atoms. The molecule has 0 radical (unpaired) electrons. The van der Waals surface area contributed by atoms with Gasteiger partial charge in [0.2, 0.25) is 11.8 Å². The van der Waals surface area contributed by atoms with Gasteiger partial charge in [0.25, 0.3) is 0 Å². The zero-order valence-electron chi connectivity index (χ0n) is 7.37. The van der Waals surface area contributed by atoms with Gasteiger partial charge < -0.3 is 9.42 Å². The zero-order chi connectivity index (χ0) is 9.14. The first-order chi connectivity index (χ1) is 5.59. The number of rotatable bonds is 2. The average Bonchev–Trinajstić information content (AvgIpc) is 2.35. The SMILES string of the molecule is Cc1noc(CC(=O)N(C)C)n1. The first-order valence-electron chi connectivity index (χ1n) is 3.59. The van der Waals surface area contributed by atoms with Crippen LogP contribution in [0.4, 0.5) is 0 Å². The minimum absolute atomic E-state index is 0.0429. The molecule has 0 aliphatic carbocycles. The summed E-state index contributed by atoms with van der Waals surface area (Å²) >= 11 is 0. The van der Waals surface area contributed by atoms with E-state index in [0.717, 1.165) is 0 Å². The highest BCUT2D eigenvalue weighted by Crippen LogP contribution is 1.98. The Hall–Kier alpha value is -1.39. The van der Waals surface area contributed by atoms with Crippen LogP contribution in [0.1, 0.15) is 11.7 Å². The molecule has 0 aliphatic heterocycles. The Kier molecular flexibility index (Phi) is 2.42. The second-order valence-corrected chi connectivity index (χ2v) is 2.70. The molecule has 0 atom stereocenters. The molecule has 66 valence electrons. The van der Waals surface area contributed by atoms with Crippen molar-refractivity contribution in [3.8, 4) is 0 Å². The van der Waals surface area contributed by atoms with E-state index in [1.54, 1.807) is 21.0 Å². The molecule has 0 saturated carbocycles. The van der Waals surface area contributed by atoms with Gasteiger partial charge in [0.1, 0.15) is 6.42 Å². The summed E-state index contributed by atoms with van der Waals surface area (Å²) in [4.78, 5) is 16.5. The molecule has 1 amide bonds. The van der Waals surface area contributed by atoms with Gasteiger partial charge in [-0.05, 0) is 6.92 Å². The highest BCUT2D eigenvalue weighted by atomic mass is 16.5. The second-order valence-electron chi connectivity index (χ2n) is 2.70. The van der Waals surface area contributed by atoms with Crippen LogP contribution in [0.3, 0.4) is 0 Å². The molecule has 0 N–H and O–H groups in total. The second kappa shape index (κ2) is 3.34. The van der Waals surface area contributed by atoms with E-state index < -0.39 is 0 Å². The molecule has 0 aromatic carbocycles. The fourth-order valence-electron chi connectivity index (χ4n) is 0.699. The molecule has 1 aromatic heterocycles. The van der Waals surface area contributed by atoms with E-state index in [1.807, 2.05) is 0 Å². The lowest BCUT2D eigenvalue weighted by Crippen LogP contribution is -2.23. The van der Waals surface area contributed by atoms with Crippen molar-refractivity contribution in [2.24, 2.45) is 0 Å². The van der Waals surface area contributed by atoms with Gasteiger partial charge in [-0.25, -0.2) is 0 Å². The van der Waals surface area contributed by atoms with Crippen molar-refractivity contribution in [1.82, 2.24) is 15.0 Å². The Morgan fingerprint density at radius 2 is 2.25 bits per heavy atom. The van der Waals surface area contributed by atoms with E-state index in [-0.39, 0.29) is 12.3 Å². The lowest BCUT2D eigenvalue weighted by Gasteiger charge is -2.06. The van der Waals surface area contributed by atoms with Crippen LogP contribution in [0.15, 0.2) is 4.52 Å². The summed E-state index contributed by atoms with van der Waals surface area (Å²) in [5, 5.41) is 3.57. The van der Waals surface area contributed by atoms with Crippen molar-refractivity contribution in [3.63, 3.8) is 0 Å². The highest BCUT2D eigenvalue weighted by molar-refractivity contribution is 5.77. The number of likely N-dealkylation sites (N-methyl/N-ethyl adjacent to an activating group) is 1. The average molecular weight is 169 g/mol. The standard InChI is InChI=1S/C7H11N3O2/c1-5-8-6(12-9-5)4-7(11)10(2)3/h4H2,1-3H3. The Morgan fingerprint density at radius 1 is 1.58 bits per heavy atom. The van der Waals surface area contributed by atoms with Gasteiger partial charge in [0, 0.05) is 14.1 Å². The monoisotopic (exact) mass is 169 g/mol. The topological polar surface area (TPSA) is 59.2 Å². The summed E-state index contributed by atoms with van der Waals surface area (Å²) in [7, 11) is 3.37. The number of amides is 1. The predicted octanol–water partition coefficient (Wildman–Crippen LogP) is 0.00872. The van der Waals surface area contributed by atoms with Crippen LogP contribution in [0.5, 0.6) is 0 Å². The van der Waals surface area contributed by atoms with E-state index in [9.17, 15) is 4.79 Å². The molecule has 1 rings (SSSR count). The summed E-state index contributed by atoms with van der Waals surface area (Å²) < 4.78 is 4.78. The third-order valence-electron chi connectivity index (χ3n) is 1.37. The van der Waals surface area contributed by atoms with Crippen molar-refractivity contribution < 1.29 is 9.32 Å². The van der Waals surface area contributed by atoms with Crippen LogP contribution in [0, 0.1) is 6.92 Å². The van der Waals surface area contributed by atoms with Crippen LogP contribution in [0.2, 0.25) is 0 Å². The van der Waals surface area contributed by atoms with Gasteiger partial charge >= 0.3 is 0 Å². The van der Waals surface area contributed by atoms with E-state index in [4.69, 9.17) is 4.52 Å². The van der Waals surface area contributed by atoms with Gasteiger partial charge in [0.15, 0.2) is 5.82 Å². The lowest BCUT2D eigenvalue weighted by molar-refractivity contribution is -0.128. The molecule has 5 nitrogen and oxygen atoms in total. The van der Waals surface area contributed by atoms with Gasteiger partial charge in [-0.2, -0.15) is 4.98 Å². The van der Waals surface area contributed by atoms with E-state index in [1.165, 1.54) is 4.90 Å². The quantitative estimate of drug-likeness (QED) is 0.625. The maximum Gasteiger partial charge on any atom is 0.236 e. The molecule has 0 spiro atoms. The molecule has 1 heterocycles. The molecule has 0 saturated heterocycles. The maximum atomic E-state index is 11.1. The van der Waals surface area contributed by atoms with Crippen molar-refractivity contribution in [2.75, 3.05) is 14.1 Å². The number of carbonyl (C=O) groups excluding carboxylic acids is 1. The van der Waals surface area contributed by atoms with Crippen molar-refractivity contribution in [1.29, 1.82) is 0 Å². The molecule has 0 aliphatic rings. The van der Waals surface area contributed by atoms with E-state index >= 15 is 0 Å². The number of carbonyl (C=O) groups is 1. The van der Waals surface area contributed by atoms with E-state index in [0.29, 0.717) is 11.7 Å². The Morgan fingerprint density at radius 3 is 2.67 bits per heavy atom. The zero-order valence-corrected chi connectivity index (χ0v) is 7.37. The lowest BCUT2D eigenvalue weighted by atomic mass is 10.4. The largest absolute Gasteiger partial charge is 0.348 e. The third kappa shape index (κ3) is 2.05. The molecular formula is C7H11N3O2. The van der Waals surface area contributed by atoms with Gasteiger partial charge in [0.05, 0.1) is 0 Å². The van der Waals surface area contributed by atoms with Gasteiger partial charge in [-0.3, -0.25) is 4.79 Å². The Balaban J connectivity index is 2.58. The normalized spacial score (nSPS) is 9.92. The molecule has 0 fully saturated rings. The first-order valence-corrected chi connectivity index (χ1v) is 3.59. The first kappa shape index (κ1) is 8.70. The number of hydrogen-bond acceptors (Lipinski definition) is 4. The molecule has 0 unspecified atom stereocenters. The third-order valence-corrected chi connectivity index (χ3v) is 1.37. The molecular weight excluding hydrogens is 158 g/mol. The van der Waals surface area contributed by atoms with Crippen LogP contribution in [-0.2, 0) is 11.2 Å². The maximum absolute atomic E-state index is 11.1. The minimum Gasteiger partial charge on any atom is -0.348 e.